The first-order chi connectivity index (χ1) is 12.3. The van der Waals surface area contributed by atoms with Crippen molar-refractivity contribution in [3.63, 3.8) is 0 Å². The molecule has 2 atom stereocenters. The Kier molecular flexibility index (Phi) is 6.71. The van der Waals surface area contributed by atoms with Gasteiger partial charge in [0.2, 0.25) is 0 Å². The number of carbonyl (C=O) groups excluding carboxylic acids is 1. The lowest BCUT2D eigenvalue weighted by atomic mass is 9.89. The molecule has 1 aliphatic heterocycles. The predicted octanol–water partition coefficient (Wildman–Crippen LogP) is 3.63. The zero-order chi connectivity index (χ0) is 18.9. The highest BCUT2D eigenvalue weighted by molar-refractivity contribution is 5.95. The number of halogens is 1. The van der Waals surface area contributed by atoms with Gasteiger partial charge in [-0.3, -0.25) is 4.79 Å². The lowest BCUT2D eigenvalue weighted by Crippen LogP contribution is -2.48. The van der Waals surface area contributed by atoms with E-state index < -0.39 is 0 Å². The van der Waals surface area contributed by atoms with E-state index in [1.807, 2.05) is 23.0 Å². The van der Waals surface area contributed by atoms with Crippen LogP contribution in [0.4, 0.5) is 0 Å². The van der Waals surface area contributed by atoms with Crippen LogP contribution in [0.1, 0.15) is 55.7 Å². The van der Waals surface area contributed by atoms with Crippen molar-refractivity contribution in [1.29, 1.82) is 0 Å². The van der Waals surface area contributed by atoms with Crippen LogP contribution < -0.4 is 10.6 Å². The number of aryl methyl sites for hydroxylation is 1. The first-order valence-electron chi connectivity index (χ1n) is 9.44. The number of hydrogen-bond donors (Lipinski definition) is 2. The highest BCUT2D eigenvalue weighted by Crippen LogP contribution is 2.26. The lowest BCUT2D eigenvalue weighted by Gasteiger charge is -2.30. The maximum Gasteiger partial charge on any atom is 0.255 e. The van der Waals surface area contributed by atoms with Crippen LogP contribution in [0.5, 0.6) is 0 Å². The molecule has 27 heavy (non-hydrogen) atoms. The second-order valence-corrected chi connectivity index (χ2v) is 8.47. The van der Waals surface area contributed by atoms with E-state index in [-0.39, 0.29) is 29.8 Å². The van der Waals surface area contributed by atoms with Gasteiger partial charge in [0.05, 0.1) is 16.9 Å². The molecule has 1 aromatic heterocycles. The van der Waals surface area contributed by atoms with Gasteiger partial charge in [0.15, 0.2) is 0 Å². The second kappa shape index (κ2) is 8.44. The quantitative estimate of drug-likeness (QED) is 0.841. The van der Waals surface area contributed by atoms with Crippen molar-refractivity contribution in [3.05, 3.63) is 47.3 Å². The molecule has 1 aromatic carbocycles. The van der Waals surface area contributed by atoms with E-state index >= 15 is 0 Å². The molecule has 0 bridgehead atoms. The molecular formula is C21H31ClN4O. The van der Waals surface area contributed by atoms with E-state index in [9.17, 15) is 4.79 Å². The van der Waals surface area contributed by atoms with Gasteiger partial charge < -0.3 is 10.6 Å². The Balaban J connectivity index is 0.00000261. The molecule has 1 fully saturated rings. The van der Waals surface area contributed by atoms with Crippen LogP contribution in [0.3, 0.4) is 0 Å². The highest BCUT2D eigenvalue weighted by atomic mass is 35.5. The minimum Gasteiger partial charge on any atom is -0.349 e. The fourth-order valence-electron chi connectivity index (χ4n) is 3.40. The van der Waals surface area contributed by atoms with Crippen molar-refractivity contribution in [2.45, 2.75) is 52.5 Å². The fourth-order valence-corrected chi connectivity index (χ4v) is 3.40. The van der Waals surface area contributed by atoms with Crippen LogP contribution in [0.15, 0.2) is 30.5 Å². The smallest absolute Gasteiger partial charge is 0.255 e. The van der Waals surface area contributed by atoms with E-state index in [0.717, 1.165) is 30.9 Å². The zero-order valence-electron chi connectivity index (χ0n) is 16.9. The summed E-state index contributed by atoms with van der Waals surface area (Å²) in [4.78, 5) is 13.0. The number of piperidine rings is 1. The monoisotopic (exact) mass is 390 g/mol. The number of benzene rings is 1. The van der Waals surface area contributed by atoms with Gasteiger partial charge in [-0.2, -0.15) is 5.10 Å². The molecule has 0 saturated carbocycles. The molecule has 0 radical (unpaired) electrons. The molecule has 2 aromatic rings. The van der Waals surface area contributed by atoms with Crippen LogP contribution in [-0.4, -0.2) is 34.8 Å². The molecule has 1 aliphatic rings. The maximum absolute atomic E-state index is 13.0. The number of carbonyl (C=O) groups is 1. The summed E-state index contributed by atoms with van der Waals surface area (Å²) >= 11 is 0. The summed E-state index contributed by atoms with van der Waals surface area (Å²) in [7, 11) is 0. The minimum absolute atomic E-state index is 0. The van der Waals surface area contributed by atoms with E-state index in [1.54, 1.807) is 0 Å². The van der Waals surface area contributed by atoms with Gasteiger partial charge in [0.1, 0.15) is 0 Å². The molecule has 1 amide bonds. The van der Waals surface area contributed by atoms with Crippen LogP contribution >= 0.6 is 12.4 Å². The van der Waals surface area contributed by atoms with Crippen molar-refractivity contribution in [3.8, 4) is 5.69 Å². The standard InChI is InChI=1S/C21H30N4O.ClH/c1-14-6-8-16(9-7-14)25-13-17(19(24-25)21(3,4)5)20(26)23-18-10-11-22-12-15(18)2;/h6-9,13,15,18,22H,10-12H2,1-5H3,(H,23,26);1H. The summed E-state index contributed by atoms with van der Waals surface area (Å²) in [6, 6.07) is 8.39. The van der Waals surface area contributed by atoms with Crippen molar-refractivity contribution in [2.24, 2.45) is 5.92 Å². The Hall–Kier alpha value is -1.85. The van der Waals surface area contributed by atoms with Crippen molar-refractivity contribution in [1.82, 2.24) is 20.4 Å². The number of rotatable bonds is 3. The van der Waals surface area contributed by atoms with Gasteiger partial charge >= 0.3 is 0 Å². The summed E-state index contributed by atoms with van der Waals surface area (Å²) < 4.78 is 1.82. The van der Waals surface area contributed by atoms with Gasteiger partial charge in [-0.15, -0.1) is 12.4 Å². The summed E-state index contributed by atoms with van der Waals surface area (Å²) in [6.07, 6.45) is 2.83. The Labute approximate surface area is 168 Å². The molecule has 2 N–H and O–H groups in total. The minimum atomic E-state index is -0.206. The third-order valence-electron chi connectivity index (χ3n) is 5.07. The molecule has 1 saturated heterocycles. The summed E-state index contributed by atoms with van der Waals surface area (Å²) in [5.41, 5.74) is 3.47. The first-order valence-corrected chi connectivity index (χ1v) is 9.44. The van der Waals surface area contributed by atoms with Crippen molar-refractivity contribution < 1.29 is 4.79 Å². The van der Waals surface area contributed by atoms with Crippen LogP contribution in [0, 0.1) is 12.8 Å². The summed E-state index contributed by atoms with van der Waals surface area (Å²) in [5, 5.41) is 11.4. The third-order valence-corrected chi connectivity index (χ3v) is 5.07. The maximum atomic E-state index is 13.0. The summed E-state index contributed by atoms with van der Waals surface area (Å²) in [5.74, 6) is 0.407. The highest BCUT2D eigenvalue weighted by Gasteiger charge is 2.29. The SMILES string of the molecule is Cc1ccc(-n2cc(C(=O)NC3CCNCC3C)c(C(C)(C)C)n2)cc1.Cl. The van der Waals surface area contributed by atoms with Gasteiger partial charge in [0.25, 0.3) is 5.91 Å². The Morgan fingerprint density at radius 3 is 2.52 bits per heavy atom. The van der Waals surface area contributed by atoms with E-state index in [0.29, 0.717) is 11.5 Å². The van der Waals surface area contributed by atoms with Crippen LogP contribution in [-0.2, 0) is 5.41 Å². The molecule has 2 unspecified atom stereocenters. The van der Waals surface area contributed by atoms with Crippen molar-refractivity contribution >= 4 is 18.3 Å². The Bertz CT molecular complexity index is 776. The molecule has 6 heteroatoms. The zero-order valence-corrected chi connectivity index (χ0v) is 17.7. The van der Waals surface area contributed by atoms with Crippen LogP contribution in [0.25, 0.3) is 5.69 Å². The third kappa shape index (κ3) is 4.90. The topological polar surface area (TPSA) is 59.0 Å². The van der Waals surface area contributed by atoms with E-state index in [2.05, 4.69) is 57.4 Å². The first kappa shape index (κ1) is 21.5. The number of amides is 1. The molecule has 0 spiro atoms. The number of nitrogens with one attached hydrogen (secondary N) is 2. The van der Waals surface area contributed by atoms with Gasteiger partial charge in [-0.05, 0) is 44.5 Å². The Morgan fingerprint density at radius 2 is 1.93 bits per heavy atom. The second-order valence-electron chi connectivity index (χ2n) is 8.47. The van der Waals surface area contributed by atoms with Crippen LogP contribution in [0.2, 0.25) is 0 Å². The predicted molar refractivity (Wildman–Crippen MR) is 112 cm³/mol. The average Bonchev–Trinajstić information content (AvgIpc) is 3.03. The summed E-state index contributed by atoms with van der Waals surface area (Å²) in [6.45, 7) is 12.4. The van der Waals surface area contributed by atoms with E-state index in [4.69, 9.17) is 5.10 Å². The van der Waals surface area contributed by atoms with Gasteiger partial charge in [-0.25, -0.2) is 4.68 Å². The molecule has 2 heterocycles. The Morgan fingerprint density at radius 1 is 1.26 bits per heavy atom. The van der Waals surface area contributed by atoms with Gasteiger partial charge in [0, 0.05) is 17.7 Å². The average molecular weight is 391 g/mol. The normalized spacial score (nSPS) is 20.0. The molecule has 5 nitrogen and oxygen atoms in total. The number of nitrogens with zero attached hydrogens (tertiary/aromatic N) is 2. The number of hydrogen-bond acceptors (Lipinski definition) is 3. The van der Waals surface area contributed by atoms with Crippen molar-refractivity contribution in [2.75, 3.05) is 13.1 Å². The lowest BCUT2D eigenvalue weighted by molar-refractivity contribution is 0.0912. The van der Waals surface area contributed by atoms with E-state index in [1.165, 1.54) is 5.56 Å². The molecular weight excluding hydrogens is 360 g/mol. The molecule has 0 aliphatic carbocycles. The number of aromatic nitrogens is 2. The van der Waals surface area contributed by atoms with Gasteiger partial charge in [-0.1, -0.05) is 45.4 Å². The molecule has 148 valence electrons. The fraction of sp³-hybridized carbons (Fsp3) is 0.524. The largest absolute Gasteiger partial charge is 0.349 e. The molecule has 3 rings (SSSR count).